The number of hydrogen-bond donors (Lipinski definition) is 1. The van der Waals surface area contributed by atoms with E-state index < -0.39 is 27.9 Å². The van der Waals surface area contributed by atoms with Gasteiger partial charge in [-0.05, 0) is 33.8 Å². The predicted octanol–water partition coefficient (Wildman–Crippen LogP) is 1.51. The molecule has 1 aromatic heterocycles. The van der Waals surface area contributed by atoms with Crippen molar-refractivity contribution >= 4 is 16.2 Å². The van der Waals surface area contributed by atoms with Crippen molar-refractivity contribution in [3.05, 3.63) is 18.0 Å². The van der Waals surface area contributed by atoms with Crippen molar-refractivity contribution in [1.29, 1.82) is 0 Å². The van der Waals surface area contributed by atoms with Gasteiger partial charge >= 0.3 is 6.09 Å². The zero-order chi connectivity index (χ0) is 17.0. The average Bonchev–Trinajstić information content (AvgIpc) is 2.82. The van der Waals surface area contributed by atoms with Gasteiger partial charge in [-0.3, -0.25) is 14.2 Å². The highest BCUT2D eigenvalue weighted by Gasteiger charge is 2.27. The highest BCUT2D eigenvalue weighted by Crippen LogP contribution is 2.15. The molecule has 8 nitrogen and oxygen atoms in total. The van der Waals surface area contributed by atoms with Crippen molar-refractivity contribution in [2.45, 2.75) is 45.9 Å². The second-order valence-corrected chi connectivity index (χ2v) is 7.67. The van der Waals surface area contributed by atoms with E-state index in [1.54, 1.807) is 40.0 Å². The van der Waals surface area contributed by atoms with Crippen molar-refractivity contribution < 1.29 is 22.1 Å². The fourth-order valence-electron chi connectivity index (χ4n) is 1.59. The van der Waals surface area contributed by atoms with Gasteiger partial charge in [-0.1, -0.05) is 0 Å². The number of H-pyrrole nitrogens is 1. The Morgan fingerprint density at radius 3 is 2.55 bits per heavy atom. The minimum atomic E-state index is -3.57. The maximum atomic E-state index is 12.3. The Balaban J connectivity index is 2.83. The molecule has 1 atom stereocenters. The zero-order valence-corrected chi connectivity index (χ0v) is 14.3. The molecule has 0 saturated heterocycles. The van der Waals surface area contributed by atoms with Crippen molar-refractivity contribution in [2.24, 2.45) is 0 Å². The van der Waals surface area contributed by atoms with Gasteiger partial charge in [0, 0.05) is 6.20 Å². The van der Waals surface area contributed by atoms with E-state index in [-0.39, 0.29) is 13.2 Å². The second kappa shape index (κ2) is 7.10. The van der Waals surface area contributed by atoms with E-state index in [4.69, 9.17) is 8.92 Å². The van der Waals surface area contributed by atoms with Gasteiger partial charge in [0.2, 0.25) is 0 Å². The standard InChI is InChI=1S/C13H23N3O5S/c1-10(9-20-22(5,18)19)16(8-11-6-7-14-15-11)12(17)21-13(2,3)4/h6-7,10H,8-9H2,1-5H3,(H,14,15)/t10-/m0/s1. The van der Waals surface area contributed by atoms with Crippen LogP contribution in [-0.2, 0) is 25.6 Å². The number of carbonyl (C=O) groups is 1. The van der Waals surface area contributed by atoms with Crippen molar-refractivity contribution in [3.63, 3.8) is 0 Å². The van der Waals surface area contributed by atoms with E-state index in [0.29, 0.717) is 5.69 Å². The maximum absolute atomic E-state index is 12.3. The molecule has 1 heterocycles. The average molecular weight is 333 g/mol. The number of amides is 1. The molecule has 22 heavy (non-hydrogen) atoms. The number of nitrogens with one attached hydrogen (secondary N) is 1. The minimum absolute atomic E-state index is 0.147. The summed E-state index contributed by atoms with van der Waals surface area (Å²) in [4.78, 5) is 13.7. The van der Waals surface area contributed by atoms with Gasteiger partial charge in [0.05, 0.1) is 31.1 Å². The van der Waals surface area contributed by atoms with Gasteiger partial charge in [0.15, 0.2) is 0 Å². The first-order valence-corrected chi connectivity index (χ1v) is 8.62. The lowest BCUT2D eigenvalue weighted by Crippen LogP contribution is -2.44. The van der Waals surface area contributed by atoms with E-state index >= 15 is 0 Å². The van der Waals surface area contributed by atoms with Gasteiger partial charge in [0.1, 0.15) is 5.60 Å². The summed E-state index contributed by atoms with van der Waals surface area (Å²) in [6, 6.07) is 1.23. The number of aromatic nitrogens is 2. The highest BCUT2D eigenvalue weighted by molar-refractivity contribution is 7.85. The molecule has 0 radical (unpaired) electrons. The molecule has 9 heteroatoms. The topological polar surface area (TPSA) is 102 Å². The molecule has 126 valence electrons. The SMILES string of the molecule is C[C@@H](COS(C)(=O)=O)N(Cc1ccn[nH]1)C(=O)OC(C)(C)C. The molecule has 0 saturated carbocycles. The molecule has 0 unspecified atom stereocenters. The molecular weight excluding hydrogens is 310 g/mol. The number of ether oxygens (including phenoxy) is 1. The van der Waals surface area contributed by atoms with Crippen LogP contribution in [0.25, 0.3) is 0 Å². The van der Waals surface area contributed by atoms with Crippen molar-refractivity contribution in [3.8, 4) is 0 Å². The number of carbonyl (C=O) groups excluding carboxylic acids is 1. The number of nitrogens with zero attached hydrogens (tertiary/aromatic N) is 2. The smallest absolute Gasteiger partial charge is 0.410 e. The summed E-state index contributed by atoms with van der Waals surface area (Å²) >= 11 is 0. The molecule has 0 fully saturated rings. The molecule has 1 aromatic rings. The Kier molecular flexibility index (Phi) is 5.95. The summed E-state index contributed by atoms with van der Waals surface area (Å²) in [7, 11) is -3.57. The van der Waals surface area contributed by atoms with E-state index in [0.717, 1.165) is 6.26 Å². The maximum Gasteiger partial charge on any atom is 0.410 e. The van der Waals surface area contributed by atoms with Crippen LogP contribution < -0.4 is 0 Å². The molecule has 1 rings (SSSR count). The van der Waals surface area contributed by atoms with Crippen LogP contribution in [-0.4, -0.2) is 54.1 Å². The van der Waals surface area contributed by atoms with E-state index in [1.807, 2.05) is 0 Å². The van der Waals surface area contributed by atoms with Crippen LogP contribution >= 0.6 is 0 Å². The van der Waals surface area contributed by atoms with E-state index in [9.17, 15) is 13.2 Å². The Hall–Kier alpha value is -1.61. The van der Waals surface area contributed by atoms with Crippen LogP contribution in [0.1, 0.15) is 33.4 Å². The molecule has 0 aliphatic heterocycles. The van der Waals surface area contributed by atoms with Crippen molar-refractivity contribution in [1.82, 2.24) is 15.1 Å². The van der Waals surface area contributed by atoms with E-state index in [2.05, 4.69) is 10.2 Å². The van der Waals surface area contributed by atoms with Crippen LogP contribution in [0.15, 0.2) is 12.3 Å². The fourth-order valence-corrected chi connectivity index (χ4v) is 2.03. The molecule has 0 aliphatic carbocycles. The highest BCUT2D eigenvalue weighted by atomic mass is 32.2. The monoisotopic (exact) mass is 333 g/mol. The zero-order valence-electron chi connectivity index (χ0n) is 13.5. The number of aromatic amines is 1. The van der Waals surface area contributed by atoms with Gasteiger partial charge in [0.25, 0.3) is 10.1 Å². The van der Waals surface area contributed by atoms with E-state index in [1.165, 1.54) is 4.90 Å². The van der Waals surface area contributed by atoms with Crippen LogP contribution in [0.3, 0.4) is 0 Å². The molecule has 0 aliphatic rings. The summed E-state index contributed by atoms with van der Waals surface area (Å²) < 4.78 is 32.3. The van der Waals surface area contributed by atoms with Crippen LogP contribution in [0.4, 0.5) is 4.79 Å². The van der Waals surface area contributed by atoms with Gasteiger partial charge in [-0.2, -0.15) is 13.5 Å². The number of hydrogen-bond acceptors (Lipinski definition) is 6. The summed E-state index contributed by atoms with van der Waals surface area (Å²) in [5.74, 6) is 0. The first kappa shape index (κ1) is 18.4. The van der Waals surface area contributed by atoms with Crippen LogP contribution in [0, 0.1) is 0 Å². The molecule has 0 aromatic carbocycles. The summed E-state index contributed by atoms with van der Waals surface area (Å²) in [5, 5.41) is 6.58. The van der Waals surface area contributed by atoms with Gasteiger partial charge in [-0.25, -0.2) is 4.79 Å². The quantitative estimate of drug-likeness (QED) is 0.792. The lowest BCUT2D eigenvalue weighted by Gasteiger charge is -2.31. The summed E-state index contributed by atoms with van der Waals surface area (Å²) in [5.41, 5.74) is 0.0536. The first-order valence-electron chi connectivity index (χ1n) is 6.80. The van der Waals surface area contributed by atoms with Crippen LogP contribution in [0.2, 0.25) is 0 Å². The lowest BCUT2D eigenvalue weighted by molar-refractivity contribution is 0.0107. The third-order valence-electron chi connectivity index (χ3n) is 2.58. The fraction of sp³-hybridized carbons (Fsp3) is 0.692. The normalized spacial score (nSPS) is 13.7. The first-order chi connectivity index (χ1) is 9.98. The molecular formula is C13H23N3O5S. The summed E-state index contributed by atoms with van der Waals surface area (Å²) in [6.07, 6.45) is 1.99. The Labute approximate surface area is 130 Å². The Morgan fingerprint density at radius 2 is 2.09 bits per heavy atom. The van der Waals surface area contributed by atoms with Gasteiger partial charge in [-0.15, -0.1) is 0 Å². The third kappa shape index (κ3) is 6.90. The molecule has 1 amide bonds. The minimum Gasteiger partial charge on any atom is -0.444 e. The van der Waals surface area contributed by atoms with Crippen LogP contribution in [0.5, 0.6) is 0 Å². The van der Waals surface area contributed by atoms with Crippen molar-refractivity contribution in [2.75, 3.05) is 12.9 Å². The lowest BCUT2D eigenvalue weighted by atomic mass is 10.2. The molecule has 0 spiro atoms. The number of rotatable bonds is 6. The largest absolute Gasteiger partial charge is 0.444 e. The van der Waals surface area contributed by atoms with Gasteiger partial charge < -0.3 is 4.74 Å². The molecule has 0 bridgehead atoms. The molecule has 1 N–H and O–H groups in total. The summed E-state index contributed by atoms with van der Waals surface area (Å²) in [6.45, 7) is 7.03. The Morgan fingerprint density at radius 1 is 1.45 bits per heavy atom. The third-order valence-corrected chi connectivity index (χ3v) is 3.15. The predicted molar refractivity (Wildman–Crippen MR) is 80.6 cm³/mol. The Bertz CT molecular complexity index is 577. The second-order valence-electron chi connectivity index (χ2n) is 6.03.